The molecule has 11 heavy (non-hydrogen) atoms. The molecule has 0 bridgehead atoms. The highest BCUT2D eigenvalue weighted by atomic mass is 32.1. The largest absolute Gasteiger partial charge is 0.461 e. The predicted octanol–water partition coefficient (Wildman–Crippen LogP) is 0.254. The van der Waals surface area contributed by atoms with E-state index in [1.54, 1.807) is 13.8 Å². The van der Waals surface area contributed by atoms with Crippen molar-refractivity contribution in [2.45, 2.75) is 13.8 Å². The zero-order chi connectivity index (χ0) is 8.85. The summed E-state index contributed by atoms with van der Waals surface area (Å²) in [6, 6.07) is 0. The summed E-state index contributed by atoms with van der Waals surface area (Å²) in [5, 5.41) is 3.21. The minimum Gasteiger partial charge on any atom is -0.461 e. The van der Waals surface area contributed by atoms with Crippen LogP contribution in [-0.2, 0) is 9.53 Å². The Hall–Kier alpha value is -0.970. The van der Waals surface area contributed by atoms with Crippen LogP contribution in [0.4, 0.5) is 0 Å². The van der Waals surface area contributed by atoms with Crippen molar-refractivity contribution in [3.05, 3.63) is 0 Å². The Balaban J connectivity index is 4.29. The van der Waals surface area contributed by atoms with Gasteiger partial charge in [0.05, 0.1) is 6.61 Å². The molecule has 0 aliphatic heterocycles. The molecule has 0 aromatic rings. The second kappa shape index (κ2) is 4.79. The number of thiocarbonyl (C=S) groups is 1. The van der Waals surface area contributed by atoms with E-state index in [9.17, 15) is 4.79 Å². The van der Waals surface area contributed by atoms with E-state index in [1.807, 2.05) is 0 Å². The van der Waals surface area contributed by atoms with Crippen molar-refractivity contribution in [2.24, 2.45) is 10.9 Å². The van der Waals surface area contributed by atoms with Crippen LogP contribution in [0.15, 0.2) is 5.10 Å². The van der Waals surface area contributed by atoms with E-state index in [0.29, 0.717) is 11.5 Å². The van der Waals surface area contributed by atoms with Gasteiger partial charge in [0.1, 0.15) is 0 Å². The van der Waals surface area contributed by atoms with Crippen LogP contribution in [0, 0.1) is 0 Å². The minimum atomic E-state index is -0.567. The number of esters is 1. The number of carbonyl (C=O) groups excluding carboxylic acids is 1. The average Bonchev–Trinajstić information content (AvgIpc) is 1.88. The third-order valence-corrected chi connectivity index (χ3v) is 1.12. The van der Waals surface area contributed by atoms with Gasteiger partial charge in [0.25, 0.3) is 0 Å². The van der Waals surface area contributed by atoms with Crippen molar-refractivity contribution >= 4 is 28.8 Å². The van der Waals surface area contributed by atoms with Crippen molar-refractivity contribution < 1.29 is 9.53 Å². The maximum atomic E-state index is 10.9. The molecule has 0 radical (unpaired) electrons. The van der Waals surface area contributed by atoms with Crippen LogP contribution in [0.2, 0.25) is 0 Å². The Labute approximate surface area is 70.4 Å². The molecule has 4 nitrogen and oxygen atoms in total. The molecular weight excluding hydrogens is 164 g/mol. The molecule has 5 heteroatoms. The number of nitrogens with two attached hydrogens (primary N) is 1. The Morgan fingerprint density at radius 2 is 2.27 bits per heavy atom. The maximum absolute atomic E-state index is 10.9. The van der Waals surface area contributed by atoms with Crippen LogP contribution in [0.1, 0.15) is 13.8 Å². The highest BCUT2D eigenvalue weighted by molar-refractivity contribution is 7.82. The van der Waals surface area contributed by atoms with Crippen LogP contribution < -0.4 is 5.84 Å². The lowest BCUT2D eigenvalue weighted by atomic mass is 10.3. The smallest absolute Gasteiger partial charge is 0.359 e. The zero-order valence-electron chi connectivity index (χ0n) is 6.46. The number of rotatable bonds is 3. The monoisotopic (exact) mass is 174 g/mol. The Morgan fingerprint density at radius 1 is 1.73 bits per heavy atom. The molecule has 0 spiro atoms. The summed E-state index contributed by atoms with van der Waals surface area (Å²) in [5.41, 5.74) is 0.0156. The minimum absolute atomic E-state index is 0.0156. The molecule has 0 fully saturated rings. The van der Waals surface area contributed by atoms with Crippen molar-refractivity contribution in [1.82, 2.24) is 0 Å². The van der Waals surface area contributed by atoms with Crippen LogP contribution in [0.3, 0.4) is 0 Å². The van der Waals surface area contributed by atoms with Gasteiger partial charge < -0.3 is 10.6 Å². The fourth-order valence-corrected chi connectivity index (χ4v) is 0.623. The van der Waals surface area contributed by atoms with E-state index in [4.69, 9.17) is 18.1 Å². The highest BCUT2D eigenvalue weighted by Gasteiger charge is 2.13. The van der Waals surface area contributed by atoms with Crippen molar-refractivity contribution in [3.8, 4) is 0 Å². The van der Waals surface area contributed by atoms with Crippen LogP contribution in [-0.4, -0.2) is 23.2 Å². The number of hydrogen-bond acceptors (Lipinski definition) is 5. The molecule has 62 valence electrons. The maximum Gasteiger partial charge on any atom is 0.359 e. The van der Waals surface area contributed by atoms with Gasteiger partial charge in [0.15, 0.2) is 5.71 Å². The molecule has 0 atom stereocenters. The molecule has 0 saturated carbocycles. The first kappa shape index (κ1) is 10.0. The summed E-state index contributed by atoms with van der Waals surface area (Å²) in [5.74, 6) is 4.34. The summed E-state index contributed by atoms with van der Waals surface area (Å²) in [4.78, 5) is 11.2. The van der Waals surface area contributed by atoms with Gasteiger partial charge in [-0.2, -0.15) is 5.10 Å². The second-order valence-electron chi connectivity index (χ2n) is 1.75. The second-order valence-corrected chi connectivity index (χ2v) is 2.37. The fraction of sp³-hybridized carbons (Fsp3) is 0.500. The third kappa shape index (κ3) is 3.08. The van der Waals surface area contributed by atoms with Crippen molar-refractivity contribution in [3.63, 3.8) is 0 Å². The average molecular weight is 174 g/mol. The van der Waals surface area contributed by atoms with Crippen molar-refractivity contribution in [1.29, 1.82) is 0 Å². The molecule has 0 saturated heterocycles. The molecule has 0 aliphatic carbocycles. The SMILES string of the molecule is CCOC(=O)/C(=N/N)C(C)=S. The molecule has 0 heterocycles. The highest BCUT2D eigenvalue weighted by Crippen LogP contribution is 1.87. The topological polar surface area (TPSA) is 64.7 Å². The van der Waals surface area contributed by atoms with Gasteiger partial charge in [-0.25, -0.2) is 4.79 Å². The van der Waals surface area contributed by atoms with Gasteiger partial charge >= 0.3 is 5.97 Å². The standard InChI is InChI=1S/C6H10N2O2S/c1-3-10-6(9)5(8-7)4(2)11/h3,7H2,1-2H3/b8-5+. The van der Waals surface area contributed by atoms with E-state index >= 15 is 0 Å². The summed E-state index contributed by atoms with van der Waals surface area (Å²) in [6.45, 7) is 3.56. The van der Waals surface area contributed by atoms with Crippen molar-refractivity contribution in [2.75, 3.05) is 6.61 Å². The molecular formula is C6H10N2O2S. The van der Waals surface area contributed by atoms with Gasteiger partial charge in [-0.1, -0.05) is 12.2 Å². The summed E-state index contributed by atoms with van der Waals surface area (Å²) in [7, 11) is 0. The Morgan fingerprint density at radius 3 is 2.55 bits per heavy atom. The van der Waals surface area contributed by atoms with E-state index in [-0.39, 0.29) is 5.71 Å². The first-order valence-electron chi connectivity index (χ1n) is 3.09. The summed E-state index contributed by atoms with van der Waals surface area (Å²) >= 11 is 4.69. The molecule has 0 unspecified atom stereocenters. The first-order chi connectivity index (χ1) is 5.13. The van der Waals surface area contributed by atoms with Crippen LogP contribution in [0.25, 0.3) is 0 Å². The van der Waals surface area contributed by atoms with E-state index < -0.39 is 5.97 Å². The van der Waals surface area contributed by atoms with Gasteiger partial charge in [-0.05, 0) is 13.8 Å². The van der Waals surface area contributed by atoms with Crippen LogP contribution in [0.5, 0.6) is 0 Å². The van der Waals surface area contributed by atoms with Gasteiger partial charge in [-0.15, -0.1) is 0 Å². The Bertz CT molecular complexity index is 201. The number of ether oxygens (including phenoxy) is 1. The normalized spacial score (nSPS) is 10.9. The fourth-order valence-electron chi connectivity index (χ4n) is 0.487. The lowest BCUT2D eigenvalue weighted by Gasteiger charge is -2.01. The van der Waals surface area contributed by atoms with E-state index in [0.717, 1.165) is 0 Å². The first-order valence-corrected chi connectivity index (χ1v) is 3.50. The molecule has 2 N–H and O–H groups in total. The summed E-state index contributed by atoms with van der Waals surface area (Å²) in [6.07, 6.45) is 0. The lowest BCUT2D eigenvalue weighted by molar-refractivity contribution is -0.134. The Kier molecular flexibility index (Phi) is 4.36. The molecule has 0 aromatic heterocycles. The van der Waals surface area contributed by atoms with E-state index in [2.05, 4.69) is 9.84 Å². The third-order valence-electron chi connectivity index (χ3n) is 0.931. The number of carbonyl (C=O) groups is 1. The van der Waals surface area contributed by atoms with E-state index in [1.165, 1.54) is 0 Å². The molecule has 0 aromatic carbocycles. The predicted molar refractivity (Wildman–Crippen MR) is 46.5 cm³/mol. The lowest BCUT2D eigenvalue weighted by Crippen LogP contribution is -2.24. The number of hydrazone groups is 1. The summed E-state index contributed by atoms with van der Waals surface area (Å²) < 4.78 is 4.62. The number of nitrogens with zero attached hydrogens (tertiary/aromatic N) is 1. The van der Waals surface area contributed by atoms with Gasteiger partial charge in [-0.3, -0.25) is 0 Å². The zero-order valence-corrected chi connectivity index (χ0v) is 7.27. The quantitative estimate of drug-likeness (QED) is 0.219. The molecule has 0 amide bonds. The van der Waals surface area contributed by atoms with Gasteiger partial charge in [0, 0.05) is 4.86 Å². The molecule has 0 rings (SSSR count). The van der Waals surface area contributed by atoms with Crippen LogP contribution >= 0.6 is 12.2 Å². The number of hydrogen-bond donors (Lipinski definition) is 1. The van der Waals surface area contributed by atoms with Gasteiger partial charge in [0.2, 0.25) is 0 Å². The molecule has 0 aliphatic rings.